The van der Waals surface area contributed by atoms with Crippen LogP contribution in [-0.2, 0) is 38.1 Å². The van der Waals surface area contributed by atoms with Crippen LogP contribution >= 0.6 is 0 Å². The Morgan fingerprint density at radius 2 is 1.94 bits per heavy atom. The SMILES string of the molecule is C=C1C(=O)O[C@@H]2/C=C(/C)[C@@H](OC(C)=O)C/C=C(/C)C[C@@H](OC(=O)C3=C[C@@H](OC)OC3)[C@@H]12. The Bertz CT molecular complexity index is 865. The van der Waals surface area contributed by atoms with Crippen LogP contribution in [0.2, 0.25) is 0 Å². The minimum absolute atomic E-state index is 0.0897. The van der Waals surface area contributed by atoms with E-state index in [1.807, 2.05) is 19.9 Å². The molecule has 0 amide bonds. The van der Waals surface area contributed by atoms with Gasteiger partial charge in [-0.05, 0) is 31.6 Å². The van der Waals surface area contributed by atoms with Crippen molar-refractivity contribution in [2.75, 3.05) is 13.7 Å². The van der Waals surface area contributed by atoms with Gasteiger partial charge >= 0.3 is 17.9 Å². The van der Waals surface area contributed by atoms with Crippen molar-refractivity contribution in [2.45, 2.75) is 58.2 Å². The van der Waals surface area contributed by atoms with Gasteiger partial charge in [0.25, 0.3) is 0 Å². The van der Waals surface area contributed by atoms with E-state index in [2.05, 4.69) is 6.58 Å². The summed E-state index contributed by atoms with van der Waals surface area (Å²) in [6.07, 6.45) is 3.73. The van der Waals surface area contributed by atoms with Gasteiger partial charge in [0, 0.05) is 32.4 Å². The normalized spacial score (nSPS) is 34.5. The number of hydrogen-bond acceptors (Lipinski definition) is 8. The number of methoxy groups -OCH3 is 1. The average molecular weight is 432 g/mol. The van der Waals surface area contributed by atoms with Crippen LogP contribution in [0.25, 0.3) is 0 Å². The lowest BCUT2D eigenvalue weighted by Crippen LogP contribution is -2.34. The third-order valence-corrected chi connectivity index (χ3v) is 5.60. The van der Waals surface area contributed by atoms with Crippen molar-refractivity contribution in [3.63, 3.8) is 0 Å². The lowest BCUT2D eigenvalue weighted by atomic mass is 9.85. The van der Waals surface area contributed by atoms with Gasteiger partial charge in [-0.2, -0.15) is 0 Å². The minimum Gasteiger partial charge on any atom is -0.458 e. The third kappa shape index (κ3) is 5.32. The first-order chi connectivity index (χ1) is 14.7. The predicted octanol–water partition coefficient (Wildman–Crippen LogP) is 2.54. The highest BCUT2D eigenvalue weighted by Gasteiger charge is 2.45. The lowest BCUT2D eigenvalue weighted by Gasteiger charge is -2.28. The Morgan fingerprint density at radius 1 is 1.19 bits per heavy atom. The molecule has 0 bridgehead atoms. The molecule has 1 saturated heterocycles. The summed E-state index contributed by atoms with van der Waals surface area (Å²) in [5.74, 6) is -2.02. The zero-order chi connectivity index (χ0) is 22.7. The van der Waals surface area contributed by atoms with Gasteiger partial charge in [-0.15, -0.1) is 0 Å². The van der Waals surface area contributed by atoms with Crippen molar-refractivity contribution < 1.29 is 38.1 Å². The molecule has 5 atom stereocenters. The number of ether oxygens (including phenoxy) is 5. The maximum atomic E-state index is 12.8. The van der Waals surface area contributed by atoms with Gasteiger partial charge in [-0.3, -0.25) is 4.79 Å². The van der Waals surface area contributed by atoms with Crippen molar-refractivity contribution in [3.05, 3.63) is 47.1 Å². The average Bonchev–Trinajstić information content (AvgIpc) is 3.29. The Labute approximate surface area is 181 Å². The van der Waals surface area contributed by atoms with Crippen LogP contribution in [-0.4, -0.2) is 56.2 Å². The summed E-state index contributed by atoms with van der Waals surface area (Å²) >= 11 is 0. The van der Waals surface area contributed by atoms with Gasteiger partial charge < -0.3 is 23.7 Å². The number of rotatable bonds is 4. The van der Waals surface area contributed by atoms with Crippen molar-refractivity contribution in [3.8, 4) is 0 Å². The van der Waals surface area contributed by atoms with Crippen molar-refractivity contribution in [2.24, 2.45) is 5.92 Å². The number of carbonyl (C=O) groups is 3. The Balaban J connectivity index is 1.90. The fourth-order valence-electron chi connectivity index (χ4n) is 3.93. The smallest absolute Gasteiger partial charge is 0.336 e. The van der Waals surface area contributed by atoms with Crippen LogP contribution in [0.5, 0.6) is 0 Å². The highest BCUT2D eigenvalue weighted by Crippen LogP contribution is 2.37. The first-order valence-electron chi connectivity index (χ1n) is 10.2. The molecule has 1 fully saturated rings. The number of fused-ring (bicyclic) bond motifs is 1. The van der Waals surface area contributed by atoms with E-state index in [1.54, 1.807) is 12.2 Å². The molecule has 31 heavy (non-hydrogen) atoms. The molecule has 0 unspecified atom stereocenters. The van der Waals surface area contributed by atoms with Crippen molar-refractivity contribution in [1.29, 1.82) is 0 Å². The summed E-state index contributed by atoms with van der Waals surface area (Å²) in [5, 5.41) is 0. The van der Waals surface area contributed by atoms with E-state index in [0.29, 0.717) is 18.4 Å². The zero-order valence-corrected chi connectivity index (χ0v) is 18.2. The molecule has 0 saturated carbocycles. The second kappa shape index (κ2) is 9.62. The van der Waals surface area contributed by atoms with Crippen LogP contribution < -0.4 is 0 Å². The third-order valence-electron chi connectivity index (χ3n) is 5.60. The van der Waals surface area contributed by atoms with Crippen LogP contribution in [0, 0.1) is 5.92 Å². The second-order valence-corrected chi connectivity index (χ2v) is 7.97. The molecule has 0 aromatic rings. The van der Waals surface area contributed by atoms with Crippen LogP contribution in [0.3, 0.4) is 0 Å². The van der Waals surface area contributed by atoms with Gasteiger partial charge in [0.2, 0.25) is 0 Å². The predicted molar refractivity (Wildman–Crippen MR) is 110 cm³/mol. The van der Waals surface area contributed by atoms with Crippen molar-refractivity contribution in [1.82, 2.24) is 0 Å². The Morgan fingerprint density at radius 3 is 2.58 bits per heavy atom. The van der Waals surface area contributed by atoms with Gasteiger partial charge in [0.05, 0.1) is 18.1 Å². The molecule has 0 aromatic heterocycles. The van der Waals surface area contributed by atoms with E-state index in [0.717, 1.165) is 11.1 Å². The highest BCUT2D eigenvalue weighted by atomic mass is 16.7. The molecule has 168 valence electrons. The lowest BCUT2D eigenvalue weighted by molar-refractivity contribution is -0.148. The van der Waals surface area contributed by atoms with Crippen LogP contribution in [0.4, 0.5) is 0 Å². The molecule has 2 heterocycles. The van der Waals surface area contributed by atoms with Gasteiger partial charge in [0.15, 0.2) is 6.29 Å². The monoisotopic (exact) mass is 432 g/mol. The molecule has 8 nitrogen and oxygen atoms in total. The Hall–Kier alpha value is -2.71. The molecule has 1 aliphatic carbocycles. The highest BCUT2D eigenvalue weighted by molar-refractivity contribution is 5.92. The molecule has 0 aromatic carbocycles. The second-order valence-electron chi connectivity index (χ2n) is 7.97. The molecule has 0 spiro atoms. The summed E-state index contributed by atoms with van der Waals surface area (Å²) in [5.41, 5.74) is 2.29. The van der Waals surface area contributed by atoms with Gasteiger partial charge in [0.1, 0.15) is 18.3 Å². The number of esters is 3. The van der Waals surface area contributed by atoms with E-state index in [-0.39, 0.29) is 12.2 Å². The summed E-state index contributed by atoms with van der Waals surface area (Å²) in [7, 11) is 1.48. The van der Waals surface area contributed by atoms with E-state index in [9.17, 15) is 14.4 Å². The topological polar surface area (TPSA) is 97.4 Å². The summed E-state index contributed by atoms with van der Waals surface area (Å²) in [6, 6.07) is 0. The molecule has 8 heteroatoms. The first kappa shape index (κ1) is 23.0. The van der Waals surface area contributed by atoms with E-state index in [1.165, 1.54) is 14.0 Å². The number of hydrogen-bond donors (Lipinski definition) is 0. The molecule has 2 aliphatic heterocycles. The first-order valence-corrected chi connectivity index (χ1v) is 10.2. The van der Waals surface area contributed by atoms with Gasteiger partial charge in [-0.25, -0.2) is 9.59 Å². The molecular formula is C23H28O8. The fraction of sp³-hybridized carbons (Fsp3) is 0.522. The van der Waals surface area contributed by atoms with E-state index in [4.69, 9.17) is 23.7 Å². The standard InChI is InChI=1S/C23H28O8/c1-12-6-7-17(29-15(4)24)13(2)9-19-21(14(3)22(25)30-19)18(8-12)31-23(26)16-10-20(27-5)28-11-16/h6,9-10,17-21H,3,7-8,11H2,1-2,4-5H3/b12-6-,13-9-/t17-,18+,19+,20-,21+/m0/s1. The Kier molecular flexibility index (Phi) is 7.12. The van der Waals surface area contributed by atoms with E-state index >= 15 is 0 Å². The summed E-state index contributed by atoms with van der Waals surface area (Å²) in [4.78, 5) is 36.6. The molecular weight excluding hydrogens is 404 g/mol. The largest absolute Gasteiger partial charge is 0.458 e. The molecule has 3 rings (SSSR count). The molecule has 0 N–H and O–H groups in total. The summed E-state index contributed by atoms with van der Waals surface area (Å²) < 4.78 is 27.2. The van der Waals surface area contributed by atoms with Crippen molar-refractivity contribution >= 4 is 17.9 Å². The minimum atomic E-state index is -0.678. The van der Waals surface area contributed by atoms with Crippen LogP contribution in [0.1, 0.15) is 33.6 Å². The quantitative estimate of drug-likeness (QED) is 0.289. The zero-order valence-electron chi connectivity index (χ0n) is 18.2. The summed E-state index contributed by atoms with van der Waals surface area (Å²) in [6.45, 7) is 9.05. The fourth-order valence-corrected chi connectivity index (χ4v) is 3.93. The maximum Gasteiger partial charge on any atom is 0.336 e. The molecule has 0 radical (unpaired) electrons. The molecule has 3 aliphatic rings. The van der Waals surface area contributed by atoms with Crippen LogP contribution in [0.15, 0.2) is 47.1 Å². The van der Waals surface area contributed by atoms with E-state index < -0.39 is 48.4 Å². The van der Waals surface area contributed by atoms with Gasteiger partial charge in [-0.1, -0.05) is 18.2 Å². The number of carbonyl (C=O) groups excluding carboxylic acids is 3. The maximum absolute atomic E-state index is 12.8.